The van der Waals surface area contributed by atoms with Gasteiger partial charge in [-0.2, -0.15) is 4.57 Å². The Bertz CT molecular complexity index is 634. The highest BCUT2D eigenvalue weighted by Crippen LogP contribution is 2.37. The first-order valence-electron chi connectivity index (χ1n) is 7.12. The standard InChI is InChI=1S/C13H18NO9P/c1-2-21-13(17)8-4-3-5-14(6-8)12-11(16)10(15)9(23-12)7-22-24(18,19)20/h3-6,9-12,15-16H,2,7H2,1H3,(H-,18,19,20)/p+1/t9-,10?,11+,12-/m1/s1. The zero-order valence-electron chi connectivity index (χ0n) is 12.8. The molecule has 24 heavy (non-hydrogen) atoms. The Kier molecular flexibility index (Phi) is 6.05. The molecule has 4 atom stereocenters. The van der Waals surface area contributed by atoms with Crippen molar-refractivity contribution in [3.8, 4) is 0 Å². The first-order chi connectivity index (χ1) is 11.2. The van der Waals surface area contributed by atoms with Crippen LogP contribution in [0, 0.1) is 0 Å². The van der Waals surface area contributed by atoms with E-state index < -0.39 is 44.9 Å². The monoisotopic (exact) mass is 364 g/mol. The lowest BCUT2D eigenvalue weighted by Crippen LogP contribution is -2.46. The first kappa shape index (κ1) is 18.9. The number of phosphoric ester groups is 1. The molecule has 10 nitrogen and oxygen atoms in total. The Morgan fingerprint density at radius 1 is 1.38 bits per heavy atom. The van der Waals surface area contributed by atoms with Gasteiger partial charge >= 0.3 is 13.8 Å². The predicted octanol–water partition coefficient (Wildman–Crippen LogP) is -1.12. The van der Waals surface area contributed by atoms with Crippen molar-refractivity contribution in [1.82, 2.24) is 0 Å². The van der Waals surface area contributed by atoms with Gasteiger partial charge in [-0.25, -0.2) is 9.36 Å². The van der Waals surface area contributed by atoms with Gasteiger partial charge in [0.25, 0.3) is 6.23 Å². The Morgan fingerprint density at radius 3 is 2.71 bits per heavy atom. The summed E-state index contributed by atoms with van der Waals surface area (Å²) in [5, 5.41) is 20.0. The van der Waals surface area contributed by atoms with Crippen molar-refractivity contribution in [1.29, 1.82) is 0 Å². The van der Waals surface area contributed by atoms with Crippen molar-refractivity contribution in [2.24, 2.45) is 0 Å². The quantitative estimate of drug-likeness (QED) is 0.280. The van der Waals surface area contributed by atoms with Gasteiger partial charge in [0.1, 0.15) is 17.8 Å². The van der Waals surface area contributed by atoms with Gasteiger partial charge in [0.2, 0.25) is 0 Å². The highest BCUT2D eigenvalue weighted by Gasteiger charge is 2.49. The van der Waals surface area contributed by atoms with E-state index in [0.717, 1.165) is 0 Å². The van der Waals surface area contributed by atoms with Crippen LogP contribution in [0.5, 0.6) is 0 Å². The van der Waals surface area contributed by atoms with Gasteiger partial charge in [-0.05, 0) is 13.0 Å². The number of carbonyl (C=O) groups excluding carboxylic acids is 1. The van der Waals surface area contributed by atoms with E-state index in [9.17, 15) is 19.6 Å². The number of nitrogens with zero attached hydrogens (tertiary/aromatic N) is 1. The smallest absolute Gasteiger partial charge is 0.462 e. The van der Waals surface area contributed by atoms with E-state index in [2.05, 4.69) is 4.52 Å². The number of phosphoric acid groups is 1. The van der Waals surface area contributed by atoms with Gasteiger partial charge in [0.05, 0.1) is 13.2 Å². The van der Waals surface area contributed by atoms with E-state index in [4.69, 9.17) is 19.3 Å². The zero-order chi connectivity index (χ0) is 17.9. The van der Waals surface area contributed by atoms with Crippen LogP contribution in [-0.4, -0.2) is 57.5 Å². The van der Waals surface area contributed by atoms with Gasteiger partial charge in [0.15, 0.2) is 18.5 Å². The molecule has 0 amide bonds. The van der Waals surface area contributed by atoms with Crippen LogP contribution in [0.4, 0.5) is 0 Å². The van der Waals surface area contributed by atoms with Gasteiger partial charge in [0, 0.05) is 6.07 Å². The lowest BCUT2D eigenvalue weighted by atomic mass is 10.1. The van der Waals surface area contributed by atoms with Gasteiger partial charge in [-0.1, -0.05) is 0 Å². The number of aliphatic hydroxyl groups is 2. The SMILES string of the molecule is CCOC(=O)c1ccc[n+]([C@@H]2O[C@H](COP(=O)(O)O)C(O)[C@@H]2O)c1. The average molecular weight is 364 g/mol. The Hall–Kier alpha value is -1.39. The van der Waals surface area contributed by atoms with Crippen LogP contribution < -0.4 is 4.57 Å². The molecular weight excluding hydrogens is 345 g/mol. The third-order valence-electron chi connectivity index (χ3n) is 3.37. The maximum absolute atomic E-state index is 11.7. The third kappa shape index (κ3) is 4.58. The van der Waals surface area contributed by atoms with Crippen molar-refractivity contribution in [3.63, 3.8) is 0 Å². The zero-order valence-corrected chi connectivity index (χ0v) is 13.7. The average Bonchev–Trinajstić information content (AvgIpc) is 2.81. The number of aromatic nitrogens is 1. The van der Waals surface area contributed by atoms with Crippen LogP contribution in [0.25, 0.3) is 0 Å². The fourth-order valence-electron chi connectivity index (χ4n) is 2.27. The lowest BCUT2D eigenvalue weighted by molar-refractivity contribution is -0.765. The maximum Gasteiger partial charge on any atom is 0.469 e. The molecule has 1 saturated heterocycles. The van der Waals surface area contributed by atoms with Crippen molar-refractivity contribution in [3.05, 3.63) is 30.1 Å². The Balaban J connectivity index is 2.13. The van der Waals surface area contributed by atoms with E-state index in [0.29, 0.717) is 0 Å². The normalized spacial score (nSPS) is 27.2. The largest absolute Gasteiger partial charge is 0.469 e. The molecule has 1 aliphatic rings. The lowest BCUT2D eigenvalue weighted by Gasteiger charge is -2.13. The molecule has 1 aromatic heterocycles. The number of ether oxygens (including phenoxy) is 2. The molecule has 1 aromatic rings. The molecule has 1 unspecified atom stereocenters. The minimum Gasteiger partial charge on any atom is -0.462 e. The molecule has 2 rings (SSSR count). The molecule has 1 fully saturated rings. The minimum absolute atomic E-state index is 0.205. The summed E-state index contributed by atoms with van der Waals surface area (Å²) in [5.41, 5.74) is 0.222. The molecular formula is C13H19NO9P+. The Labute approximate surface area is 137 Å². The van der Waals surface area contributed by atoms with E-state index >= 15 is 0 Å². The fraction of sp³-hybridized carbons (Fsp3) is 0.538. The van der Waals surface area contributed by atoms with Crippen LogP contribution in [0.3, 0.4) is 0 Å². The van der Waals surface area contributed by atoms with E-state index in [1.807, 2.05) is 0 Å². The van der Waals surface area contributed by atoms with Crippen LogP contribution in [0.15, 0.2) is 24.5 Å². The molecule has 0 aromatic carbocycles. The van der Waals surface area contributed by atoms with Gasteiger partial charge in [-0.3, -0.25) is 4.52 Å². The highest BCUT2D eigenvalue weighted by atomic mass is 31.2. The van der Waals surface area contributed by atoms with Crippen LogP contribution in [-0.2, 0) is 18.6 Å². The summed E-state index contributed by atoms with van der Waals surface area (Å²) < 4.78 is 26.7. The van der Waals surface area contributed by atoms with Crippen molar-refractivity contribution >= 4 is 13.8 Å². The summed E-state index contributed by atoms with van der Waals surface area (Å²) >= 11 is 0. The number of carbonyl (C=O) groups is 1. The maximum atomic E-state index is 11.7. The number of rotatable bonds is 6. The van der Waals surface area contributed by atoms with Crippen molar-refractivity contribution in [2.45, 2.75) is 31.5 Å². The summed E-state index contributed by atoms with van der Waals surface area (Å²) in [6.45, 7) is 1.27. The van der Waals surface area contributed by atoms with E-state index in [-0.39, 0.29) is 12.2 Å². The summed E-state index contributed by atoms with van der Waals surface area (Å²) in [7, 11) is -4.73. The predicted molar refractivity (Wildman–Crippen MR) is 76.5 cm³/mol. The first-order valence-corrected chi connectivity index (χ1v) is 8.65. The number of hydrogen-bond acceptors (Lipinski definition) is 7. The molecule has 1 aliphatic heterocycles. The summed E-state index contributed by atoms with van der Waals surface area (Å²) in [4.78, 5) is 29.1. The minimum atomic E-state index is -4.73. The molecule has 0 bridgehead atoms. The molecule has 0 radical (unpaired) electrons. The van der Waals surface area contributed by atoms with Crippen LogP contribution in [0.1, 0.15) is 23.5 Å². The van der Waals surface area contributed by atoms with Gasteiger partial charge < -0.3 is 29.5 Å². The van der Waals surface area contributed by atoms with Crippen LogP contribution >= 0.6 is 7.82 Å². The topological polar surface area (TPSA) is 147 Å². The molecule has 2 heterocycles. The van der Waals surface area contributed by atoms with Gasteiger partial charge in [-0.15, -0.1) is 0 Å². The Morgan fingerprint density at radius 2 is 2.08 bits per heavy atom. The second kappa shape index (κ2) is 7.66. The number of hydrogen-bond donors (Lipinski definition) is 4. The summed E-state index contributed by atoms with van der Waals surface area (Å²) in [6.07, 6.45) is -2.10. The number of aliphatic hydroxyl groups excluding tert-OH is 2. The fourth-order valence-corrected chi connectivity index (χ4v) is 2.61. The highest BCUT2D eigenvalue weighted by molar-refractivity contribution is 7.46. The molecule has 4 N–H and O–H groups in total. The number of esters is 1. The third-order valence-corrected chi connectivity index (χ3v) is 3.86. The number of pyridine rings is 1. The molecule has 11 heteroatoms. The summed E-state index contributed by atoms with van der Waals surface area (Å²) in [5.74, 6) is -0.554. The van der Waals surface area contributed by atoms with Crippen LogP contribution in [0.2, 0.25) is 0 Å². The van der Waals surface area contributed by atoms with Crippen molar-refractivity contribution < 1.29 is 47.9 Å². The molecule has 0 aliphatic carbocycles. The molecule has 134 valence electrons. The van der Waals surface area contributed by atoms with Crippen molar-refractivity contribution in [2.75, 3.05) is 13.2 Å². The van der Waals surface area contributed by atoms with E-state index in [1.54, 1.807) is 6.92 Å². The van der Waals surface area contributed by atoms with E-state index in [1.165, 1.54) is 29.1 Å². The molecule has 0 saturated carbocycles. The molecule has 0 spiro atoms. The summed E-state index contributed by atoms with van der Waals surface area (Å²) in [6, 6.07) is 3.05. The second-order valence-corrected chi connectivity index (χ2v) is 6.33. The second-order valence-electron chi connectivity index (χ2n) is 5.09.